The van der Waals surface area contributed by atoms with Gasteiger partial charge in [0.05, 0.1) is 0 Å². The zero-order chi connectivity index (χ0) is 18.5. The number of nitrogens with one attached hydrogen (secondary N) is 1. The van der Waals surface area contributed by atoms with E-state index in [1.54, 1.807) is 27.7 Å². The Morgan fingerprint density at radius 1 is 1.21 bits per heavy atom. The number of aliphatic hydroxyl groups excluding tert-OH is 1. The van der Waals surface area contributed by atoms with E-state index in [1.165, 1.54) is 19.1 Å². The lowest BCUT2D eigenvalue weighted by atomic mass is 9.87. The Morgan fingerprint density at radius 3 is 2.21 bits per heavy atom. The molecule has 0 aliphatic heterocycles. The molecule has 6 nitrogen and oxygen atoms in total. The number of rotatable bonds is 5. The largest absolute Gasteiger partial charge is 0.444 e. The smallest absolute Gasteiger partial charge is 0.408 e. The minimum atomic E-state index is -1.52. The summed E-state index contributed by atoms with van der Waals surface area (Å²) in [5.74, 6) is -1.77. The maximum Gasteiger partial charge on any atom is 0.408 e. The van der Waals surface area contributed by atoms with E-state index in [4.69, 9.17) is 9.47 Å². The lowest BCUT2D eigenvalue weighted by molar-refractivity contribution is -0.144. The van der Waals surface area contributed by atoms with Crippen LogP contribution in [0, 0.1) is 11.7 Å². The molecule has 24 heavy (non-hydrogen) atoms. The SMILES string of the molecule is CC(CO)C(C)(NC(=O)OC(C)(C)C)C(=O)Oc1ccc(F)cc1. The Kier molecular flexibility index (Phi) is 6.31. The molecule has 2 N–H and O–H groups in total. The molecule has 2 atom stereocenters. The van der Waals surface area contributed by atoms with Gasteiger partial charge in [0.1, 0.15) is 22.7 Å². The third-order valence-corrected chi connectivity index (χ3v) is 3.47. The van der Waals surface area contributed by atoms with E-state index in [9.17, 15) is 19.1 Å². The van der Waals surface area contributed by atoms with Crippen LogP contribution in [0.1, 0.15) is 34.6 Å². The molecule has 0 heterocycles. The second-order valence-electron chi connectivity index (χ2n) is 6.76. The number of ether oxygens (including phenoxy) is 2. The van der Waals surface area contributed by atoms with Gasteiger partial charge in [0.15, 0.2) is 0 Å². The number of hydrogen-bond donors (Lipinski definition) is 2. The molecular formula is C17H24FNO5. The van der Waals surface area contributed by atoms with E-state index in [2.05, 4.69) is 5.32 Å². The van der Waals surface area contributed by atoms with Crippen molar-refractivity contribution >= 4 is 12.1 Å². The van der Waals surface area contributed by atoms with Gasteiger partial charge < -0.3 is 19.9 Å². The molecule has 1 rings (SSSR count). The van der Waals surface area contributed by atoms with Gasteiger partial charge in [-0.3, -0.25) is 0 Å². The number of amides is 1. The van der Waals surface area contributed by atoms with Gasteiger partial charge in [-0.05, 0) is 52.0 Å². The number of carbonyl (C=O) groups is 2. The van der Waals surface area contributed by atoms with Crippen molar-refractivity contribution in [2.45, 2.75) is 45.8 Å². The zero-order valence-electron chi connectivity index (χ0n) is 14.6. The summed E-state index contributed by atoms with van der Waals surface area (Å²) in [6.07, 6.45) is -0.804. The summed E-state index contributed by atoms with van der Waals surface area (Å²) in [5.41, 5.74) is -2.26. The average Bonchev–Trinajstić information content (AvgIpc) is 2.46. The quantitative estimate of drug-likeness (QED) is 0.635. The number of alkyl carbamates (subject to hydrolysis) is 1. The fourth-order valence-corrected chi connectivity index (χ4v) is 1.79. The normalized spacial score (nSPS) is 15.1. The second-order valence-corrected chi connectivity index (χ2v) is 6.76. The number of aliphatic hydroxyl groups is 1. The molecule has 134 valence electrons. The van der Waals surface area contributed by atoms with Crippen molar-refractivity contribution in [3.63, 3.8) is 0 Å². The topological polar surface area (TPSA) is 84.9 Å². The molecule has 0 spiro atoms. The summed E-state index contributed by atoms with van der Waals surface area (Å²) in [6, 6.07) is 4.89. The third kappa shape index (κ3) is 5.49. The maximum atomic E-state index is 12.9. The van der Waals surface area contributed by atoms with Crippen LogP contribution in [0.4, 0.5) is 9.18 Å². The van der Waals surface area contributed by atoms with Gasteiger partial charge in [0.25, 0.3) is 0 Å². The van der Waals surface area contributed by atoms with Crippen molar-refractivity contribution in [3.8, 4) is 5.75 Å². The summed E-state index contributed by atoms with van der Waals surface area (Å²) in [4.78, 5) is 24.5. The molecule has 0 radical (unpaired) electrons. The van der Waals surface area contributed by atoms with Gasteiger partial charge in [-0.25, -0.2) is 14.0 Å². The molecule has 0 saturated carbocycles. The maximum absolute atomic E-state index is 12.9. The van der Waals surface area contributed by atoms with Gasteiger partial charge >= 0.3 is 12.1 Å². The highest BCUT2D eigenvalue weighted by atomic mass is 19.1. The third-order valence-electron chi connectivity index (χ3n) is 3.47. The van der Waals surface area contributed by atoms with Crippen LogP contribution < -0.4 is 10.1 Å². The van der Waals surface area contributed by atoms with Gasteiger partial charge in [0.2, 0.25) is 0 Å². The van der Waals surface area contributed by atoms with E-state index < -0.39 is 34.9 Å². The first-order valence-electron chi connectivity index (χ1n) is 7.58. The van der Waals surface area contributed by atoms with E-state index in [0.717, 1.165) is 12.1 Å². The van der Waals surface area contributed by atoms with Crippen LogP contribution in [-0.4, -0.2) is 34.9 Å². The monoisotopic (exact) mass is 341 g/mol. The summed E-state index contributed by atoms with van der Waals surface area (Å²) in [7, 11) is 0. The highest BCUT2D eigenvalue weighted by Gasteiger charge is 2.43. The first-order valence-corrected chi connectivity index (χ1v) is 7.58. The van der Waals surface area contributed by atoms with Crippen LogP contribution in [0.15, 0.2) is 24.3 Å². The Bertz CT molecular complexity index is 582. The molecule has 1 aromatic rings. The molecular weight excluding hydrogens is 317 g/mol. The fraction of sp³-hybridized carbons (Fsp3) is 0.529. The number of hydrogen-bond acceptors (Lipinski definition) is 5. The molecule has 7 heteroatoms. The van der Waals surface area contributed by atoms with Gasteiger partial charge in [-0.1, -0.05) is 6.92 Å². The molecule has 0 fully saturated rings. The highest BCUT2D eigenvalue weighted by Crippen LogP contribution is 2.22. The number of carbonyl (C=O) groups excluding carboxylic acids is 2. The van der Waals surface area contributed by atoms with Gasteiger partial charge in [-0.2, -0.15) is 0 Å². The summed E-state index contributed by atoms with van der Waals surface area (Å²) >= 11 is 0. The van der Waals surface area contributed by atoms with E-state index in [-0.39, 0.29) is 12.4 Å². The summed E-state index contributed by atoms with van der Waals surface area (Å²) in [5, 5.41) is 11.9. The molecule has 0 aliphatic carbocycles. The lowest BCUT2D eigenvalue weighted by Crippen LogP contribution is -2.59. The average molecular weight is 341 g/mol. The predicted molar refractivity (Wildman–Crippen MR) is 86.1 cm³/mol. The molecule has 1 aromatic carbocycles. The Hall–Kier alpha value is -2.15. The Labute approximate surface area is 141 Å². The Morgan fingerprint density at radius 2 is 1.75 bits per heavy atom. The molecule has 1 amide bonds. The van der Waals surface area contributed by atoms with Crippen molar-refractivity contribution in [2.75, 3.05) is 6.61 Å². The minimum absolute atomic E-state index is 0.128. The van der Waals surface area contributed by atoms with E-state index in [0.29, 0.717) is 0 Å². The van der Waals surface area contributed by atoms with Crippen molar-refractivity contribution in [2.24, 2.45) is 5.92 Å². The molecule has 0 aliphatic rings. The second kappa shape index (κ2) is 7.61. The highest BCUT2D eigenvalue weighted by molar-refractivity contribution is 5.87. The van der Waals surface area contributed by atoms with Crippen molar-refractivity contribution < 1.29 is 28.6 Å². The molecule has 0 saturated heterocycles. The van der Waals surface area contributed by atoms with E-state index >= 15 is 0 Å². The fourth-order valence-electron chi connectivity index (χ4n) is 1.79. The van der Waals surface area contributed by atoms with Gasteiger partial charge in [-0.15, -0.1) is 0 Å². The van der Waals surface area contributed by atoms with Crippen molar-refractivity contribution in [3.05, 3.63) is 30.1 Å². The van der Waals surface area contributed by atoms with Crippen LogP contribution >= 0.6 is 0 Å². The van der Waals surface area contributed by atoms with Crippen LogP contribution in [0.25, 0.3) is 0 Å². The standard InChI is InChI=1S/C17H24FNO5/c1-11(10-20)17(5,19-15(22)24-16(2,3)4)14(21)23-13-8-6-12(18)7-9-13/h6-9,11,20H,10H2,1-5H3,(H,19,22). The van der Waals surface area contributed by atoms with Crippen LogP contribution in [0.5, 0.6) is 5.75 Å². The molecule has 0 bridgehead atoms. The predicted octanol–water partition coefficient (Wildman–Crippen LogP) is 2.64. The summed E-state index contributed by atoms with van der Waals surface area (Å²) < 4.78 is 23.3. The number of halogens is 1. The number of esters is 1. The minimum Gasteiger partial charge on any atom is -0.444 e. The zero-order valence-corrected chi connectivity index (χ0v) is 14.6. The van der Waals surface area contributed by atoms with Crippen molar-refractivity contribution in [1.29, 1.82) is 0 Å². The summed E-state index contributed by atoms with van der Waals surface area (Å²) in [6.45, 7) is 7.74. The van der Waals surface area contributed by atoms with Crippen LogP contribution in [0.3, 0.4) is 0 Å². The van der Waals surface area contributed by atoms with Crippen LogP contribution in [-0.2, 0) is 9.53 Å². The number of benzene rings is 1. The lowest BCUT2D eigenvalue weighted by Gasteiger charge is -2.33. The van der Waals surface area contributed by atoms with Gasteiger partial charge in [0, 0.05) is 12.5 Å². The van der Waals surface area contributed by atoms with Crippen LogP contribution in [0.2, 0.25) is 0 Å². The first kappa shape index (κ1) is 19.9. The first-order chi connectivity index (χ1) is 11.0. The molecule has 0 aromatic heterocycles. The van der Waals surface area contributed by atoms with Crippen molar-refractivity contribution in [1.82, 2.24) is 5.32 Å². The Balaban J connectivity index is 2.95. The van der Waals surface area contributed by atoms with E-state index in [1.807, 2.05) is 0 Å². The molecule has 2 unspecified atom stereocenters.